The minimum absolute atomic E-state index is 0.0154. The number of hydrogen-bond donors (Lipinski definition) is 3. The normalized spacial score (nSPS) is 41.8. The monoisotopic (exact) mass is 556 g/mol. The number of benzene rings is 1. The lowest BCUT2D eigenvalue weighted by Crippen LogP contribution is -2.79. The van der Waals surface area contributed by atoms with Crippen molar-refractivity contribution >= 4 is 17.7 Å². The molecule has 1 heterocycles. The van der Waals surface area contributed by atoms with Crippen LogP contribution in [0.4, 0.5) is 0 Å². The number of ketones is 1. The Labute approximate surface area is 234 Å². The van der Waals surface area contributed by atoms with Crippen LogP contribution in [0, 0.1) is 28.6 Å². The summed E-state index contributed by atoms with van der Waals surface area (Å²) in [5.74, 6) is -4.02. The average Bonchev–Trinajstić information content (AvgIpc) is 2.88. The fraction of sp³-hybridized carbons (Fsp3) is 0.645. The third-order valence-corrected chi connectivity index (χ3v) is 10.4. The second kappa shape index (κ2) is 9.76. The Kier molecular flexibility index (Phi) is 7.05. The summed E-state index contributed by atoms with van der Waals surface area (Å²) >= 11 is 0. The molecule has 4 aliphatic rings. The summed E-state index contributed by atoms with van der Waals surface area (Å²) < 4.78 is 18.2. The van der Waals surface area contributed by atoms with Crippen LogP contribution in [0.2, 0.25) is 0 Å². The Balaban J connectivity index is 1.80. The van der Waals surface area contributed by atoms with Crippen molar-refractivity contribution in [3.63, 3.8) is 0 Å². The number of esters is 2. The van der Waals surface area contributed by atoms with Crippen LogP contribution < -0.4 is 0 Å². The van der Waals surface area contributed by atoms with E-state index in [9.17, 15) is 29.7 Å². The highest BCUT2D eigenvalue weighted by molar-refractivity contribution is 5.89. The quantitative estimate of drug-likeness (QED) is 0.377. The highest BCUT2D eigenvalue weighted by Crippen LogP contribution is 2.64. The first kappa shape index (κ1) is 28.9. The minimum Gasteiger partial charge on any atom is -0.458 e. The number of fused-ring (bicyclic) bond motifs is 5. The van der Waals surface area contributed by atoms with Crippen molar-refractivity contribution in [1.29, 1.82) is 0 Å². The molecule has 1 aromatic carbocycles. The number of hydrogen-bond acceptors (Lipinski definition) is 9. The second-order valence-electron chi connectivity index (χ2n) is 12.9. The average molecular weight is 557 g/mol. The molecule has 0 spiro atoms. The van der Waals surface area contributed by atoms with Gasteiger partial charge < -0.3 is 29.5 Å². The molecule has 0 aromatic heterocycles. The van der Waals surface area contributed by atoms with E-state index in [1.54, 1.807) is 44.2 Å². The molecule has 2 bridgehead atoms. The van der Waals surface area contributed by atoms with E-state index in [-0.39, 0.29) is 25.2 Å². The summed E-state index contributed by atoms with van der Waals surface area (Å²) in [6, 6.07) is 8.49. The molecule has 9 nitrogen and oxygen atoms in total. The topological polar surface area (TPSA) is 140 Å². The first-order chi connectivity index (χ1) is 18.7. The van der Waals surface area contributed by atoms with Gasteiger partial charge in [-0.25, -0.2) is 4.79 Å². The molecule has 1 saturated heterocycles. The summed E-state index contributed by atoms with van der Waals surface area (Å²) in [6.45, 7) is 9.99. The van der Waals surface area contributed by atoms with E-state index in [2.05, 4.69) is 0 Å². The zero-order valence-corrected chi connectivity index (χ0v) is 23.9. The highest BCUT2D eigenvalue weighted by atomic mass is 16.6. The van der Waals surface area contributed by atoms with Crippen molar-refractivity contribution in [2.24, 2.45) is 28.6 Å². The molecule has 218 valence electrons. The first-order valence-corrected chi connectivity index (χ1v) is 14.0. The molecule has 0 radical (unpaired) electrons. The second-order valence-corrected chi connectivity index (χ2v) is 12.9. The van der Waals surface area contributed by atoms with Crippen molar-refractivity contribution in [1.82, 2.24) is 0 Å². The van der Waals surface area contributed by atoms with Gasteiger partial charge >= 0.3 is 11.9 Å². The lowest BCUT2D eigenvalue weighted by molar-refractivity contribution is -0.352. The van der Waals surface area contributed by atoms with E-state index in [0.29, 0.717) is 16.7 Å². The van der Waals surface area contributed by atoms with Gasteiger partial charge in [-0.1, -0.05) is 39.0 Å². The smallest absolute Gasteiger partial charge is 0.338 e. The maximum atomic E-state index is 13.7. The van der Waals surface area contributed by atoms with Crippen LogP contribution in [0.3, 0.4) is 0 Å². The van der Waals surface area contributed by atoms with Crippen molar-refractivity contribution in [3.8, 4) is 0 Å². The summed E-state index contributed by atoms with van der Waals surface area (Å²) in [6.07, 6.45) is -5.00. The molecule has 10 atom stereocenters. The fourth-order valence-electron chi connectivity index (χ4n) is 8.43. The maximum absolute atomic E-state index is 13.7. The van der Waals surface area contributed by atoms with Crippen LogP contribution in [0.1, 0.15) is 64.7 Å². The number of rotatable bonds is 4. The van der Waals surface area contributed by atoms with Crippen LogP contribution >= 0.6 is 0 Å². The van der Waals surface area contributed by atoms with E-state index in [1.807, 2.05) is 13.8 Å². The Hall–Kier alpha value is -2.59. The van der Waals surface area contributed by atoms with Gasteiger partial charge in [0.1, 0.15) is 18.0 Å². The lowest BCUT2D eigenvalue weighted by Gasteiger charge is -2.67. The molecule has 1 aliphatic heterocycles. The summed E-state index contributed by atoms with van der Waals surface area (Å²) in [5.41, 5.74) is -2.08. The van der Waals surface area contributed by atoms with E-state index < -0.39 is 76.6 Å². The van der Waals surface area contributed by atoms with E-state index in [1.165, 1.54) is 13.8 Å². The largest absolute Gasteiger partial charge is 0.458 e. The molecule has 1 aromatic rings. The van der Waals surface area contributed by atoms with Crippen LogP contribution in [0.15, 0.2) is 41.5 Å². The van der Waals surface area contributed by atoms with Crippen molar-refractivity contribution < 1.29 is 43.9 Å². The molecule has 3 unspecified atom stereocenters. The Morgan fingerprint density at radius 3 is 2.20 bits per heavy atom. The van der Waals surface area contributed by atoms with E-state index in [0.717, 1.165) is 0 Å². The van der Waals surface area contributed by atoms with Gasteiger partial charge in [0.2, 0.25) is 0 Å². The minimum atomic E-state index is -1.45. The summed E-state index contributed by atoms with van der Waals surface area (Å²) in [5, 5.41) is 35.2. The van der Waals surface area contributed by atoms with Gasteiger partial charge in [0.25, 0.3) is 0 Å². The zero-order valence-electron chi connectivity index (χ0n) is 23.9. The maximum Gasteiger partial charge on any atom is 0.338 e. The van der Waals surface area contributed by atoms with Gasteiger partial charge in [0.05, 0.1) is 42.3 Å². The molecule has 3 N–H and O–H groups in total. The number of aliphatic hydroxyl groups is 3. The number of aliphatic hydroxyl groups excluding tert-OH is 3. The molecule has 3 aliphatic carbocycles. The van der Waals surface area contributed by atoms with Gasteiger partial charge in [0.15, 0.2) is 5.60 Å². The molecule has 40 heavy (non-hydrogen) atoms. The molecule has 0 amide bonds. The molecule has 9 heteroatoms. The predicted molar refractivity (Wildman–Crippen MR) is 143 cm³/mol. The van der Waals surface area contributed by atoms with Crippen molar-refractivity contribution in [2.75, 3.05) is 6.61 Å². The Morgan fingerprint density at radius 2 is 1.65 bits per heavy atom. The standard InChI is InChI=1S/C31H40O9/c1-15-20(34)12-19-25(39-28(37)18-10-8-7-9-11-18)26-30(6,27(36)23(16(2)32)24(15)29(19,4)5)21(35)13-22-31(26,14-38-22)40-17(3)33/h7-11,19-23,25-27,34-36H,12-14H2,1-6H3/t19?,20-,21-,22+,23+,25?,26?,27+,30+,31-/m0/s1. The molecular formula is C31H40O9. The number of carbonyl (C=O) groups excluding carboxylic acids is 3. The van der Waals surface area contributed by atoms with Gasteiger partial charge in [-0.3, -0.25) is 9.59 Å². The van der Waals surface area contributed by atoms with Gasteiger partial charge in [-0.15, -0.1) is 0 Å². The molecule has 5 rings (SSSR count). The summed E-state index contributed by atoms with van der Waals surface area (Å²) in [4.78, 5) is 39.5. The van der Waals surface area contributed by atoms with E-state index >= 15 is 0 Å². The highest BCUT2D eigenvalue weighted by Gasteiger charge is 2.75. The lowest BCUT2D eigenvalue weighted by atomic mass is 9.44. The third-order valence-electron chi connectivity index (χ3n) is 10.4. The van der Waals surface area contributed by atoms with Gasteiger partial charge in [0, 0.05) is 24.7 Å². The zero-order chi connectivity index (χ0) is 29.4. The molecule has 2 saturated carbocycles. The summed E-state index contributed by atoms with van der Waals surface area (Å²) in [7, 11) is 0. The third kappa shape index (κ3) is 4.00. The van der Waals surface area contributed by atoms with Crippen LogP contribution in [0.25, 0.3) is 0 Å². The van der Waals surface area contributed by atoms with Crippen molar-refractivity contribution in [3.05, 3.63) is 47.0 Å². The van der Waals surface area contributed by atoms with E-state index in [4.69, 9.17) is 14.2 Å². The predicted octanol–water partition coefficient (Wildman–Crippen LogP) is 2.60. The molecular weight excluding hydrogens is 516 g/mol. The number of Topliss-reactive ketones (excluding diaryl/α,β-unsaturated/α-hetero) is 1. The first-order valence-electron chi connectivity index (χ1n) is 14.0. The van der Waals surface area contributed by atoms with Gasteiger partial charge in [-0.05, 0) is 49.0 Å². The number of ether oxygens (including phenoxy) is 3. The Bertz CT molecular complexity index is 1240. The SMILES string of the molecule is CC(=O)O[C@@]12CO[C@@H]1C[C@H](O)[C@]1(C)C2C(OC(=O)c2ccccc2)C2C[C@H](O)C(C)=C([C@@H](C(C)=O)[C@H]1O)C2(C)C. The fourth-order valence-corrected chi connectivity index (χ4v) is 8.43. The Morgan fingerprint density at radius 1 is 1.00 bits per heavy atom. The van der Waals surface area contributed by atoms with Crippen LogP contribution in [-0.4, -0.2) is 75.8 Å². The molecule has 3 fully saturated rings. The van der Waals surface area contributed by atoms with Crippen LogP contribution in [-0.2, 0) is 23.8 Å². The van der Waals surface area contributed by atoms with Crippen LogP contribution in [0.5, 0.6) is 0 Å². The number of carbonyl (C=O) groups is 3. The van der Waals surface area contributed by atoms with Gasteiger partial charge in [-0.2, -0.15) is 0 Å². The van der Waals surface area contributed by atoms with Crippen molar-refractivity contribution in [2.45, 2.75) is 90.5 Å².